The maximum absolute atomic E-state index is 13.0. The van der Waals surface area contributed by atoms with Crippen LogP contribution in [0.2, 0.25) is 0 Å². The van der Waals surface area contributed by atoms with E-state index in [-0.39, 0.29) is 0 Å². The number of carbonyl (C=O) groups is 1. The van der Waals surface area contributed by atoms with Gasteiger partial charge < -0.3 is 0 Å². The summed E-state index contributed by atoms with van der Waals surface area (Å²) in [4.78, 5) is 11.2. The monoisotopic (exact) mass is 226 g/mol. The van der Waals surface area contributed by atoms with Crippen molar-refractivity contribution >= 4 is 16.8 Å². The fourth-order valence-electron chi connectivity index (χ4n) is 2.29. The van der Waals surface area contributed by atoms with Gasteiger partial charge in [-0.2, -0.15) is 0 Å². The normalized spacial score (nSPS) is 16.9. The molecule has 1 aromatic rings. The van der Waals surface area contributed by atoms with Gasteiger partial charge in [-0.25, -0.2) is 4.39 Å². The average Bonchev–Trinajstić information content (AvgIpc) is 2.70. The predicted octanol–water partition coefficient (Wildman–Crippen LogP) is 3.86. The highest BCUT2D eigenvalue weighted by Crippen LogP contribution is 2.36. The van der Waals surface area contributed by atoms with E-state index < -0.39 is 11.1 Å². The molecule has 0 amide bonds. The van der Waals surface area contributed by atoms with Crippen molar-refractivity contribution in [2.45, 2.75) is 31.6 Å². The minimum atomic E-state index is -0.559. The number of hydrogen-bond donors (Lipinski definition) is 0. The Bertz CT molecular complexity index is 383. The van der Waals surface area contributed by atoms with Gasteiger partial charge in [-0.05, 0) is 48.1 Å². The van der Waals surface area contributed by atoms with Crippen LogP contribution in [0.1, 0.15) is 47.5 Å². The fraction of sp³-hybridized carbons (Fsp3) is 0.417. The largest absolute Gasteiger partial charge is 0.276 e. The summed E-state index contributed by atoms with van der Waals surface area (Å²) in [6, 6.07) is 4.33. The first-order chi connectivity index (χ1) is 7.18. The molecule has 1 nitrogen and oxygen atoms in total. The molecule has 0 radical (unpaired) electrons. The van der Waals surface area contributed by atoms with Crippen LogP contribution in [0.4, 0.5) is 4.39 Å². The summed E-state index contributed by atoms with van der Waals surface area (Å²) in [7, 11) is 0. The zero-order valence-corrected chi connectivity index (χ0v) is 9.06. The molecule has 0 unspecified atom stereocenters. The molecule has 3 heteroatoms. The molecular formula is C12H12ClFO. The van der Waals surface area contributed by atoms with Gasteiger partial charge in [0.2, 0.25) is 0 Å². The van der Waals surface area contributed by atoms with E-state index in [4.69, 9.17) is 11.6 Å². The molecule has 0 bridgehead atoms. The zero-order valence-electron chi connectivity index (χ0n) is 8.30. The maximum Gasteiger partial charge on any atom is 0.252 e. The van der Waals surface area contributed by atoms with Crippen molar-refractivity contribution < 1.29 is 9.18 Å². The number of carbonyl (C=O) groups excluding carboxylic acids is 1. The predicted molar refractivity (Wildman–Crippen MR) is 57.8 cm³/mol. The van der Waals surface area contributed by atoms with Crippen molar-refractivity contribution in [3.63, 3.8) is 0 Å². The third-order valence-electron chi connectivity index (χ3n) is 3.02. The Hall–Kier alpha value is -0.890. The Labute approximate surface area is 93.2 Å². The standard InChI is InChI=1S/C12H12ClFO/c13-12(15)11-7-9(14)5-6-10(11)8-3-1-2-4-8/h5-8H,1-4H2. The second-order valence-electron chi connectivity index (χ2n) is 3.99. The summed E-state index contributed by atoms with van der Waals surface area (Å²) < 4.78 is 13.0. The second-order valence-corrected chi connectivity index (χ2v) is 4.33. The number of hydrogen-bond acceptors (Lipinski definition) is 1. The Kier molecular flexibility index (Phi) is 3.06. The molecular weight excluding hydrogens is 215 g/mol. The van der Waals surface area contributed by atoms with Crippen molar-refractivity contribution in [3.8, 4) is 0 Å². The molecule has 1 aliphatic rings. The lowest BCUT2D eigenvalue weighted by molar-refractivity contribution is 0.107. The Morgan fingerprint density at radius 1 is 1.33 bits per heavy atom. The highest BCUT2D eigenvalue weighted by molar-refractivity contribution is 6.67. The molecule has 2 rings (SSSR count). The van der Waals surface area contributed by atoms with E-state index in [0.717, 1.165) is 18.4 Å². The molecule has 1 fully saturated rings. The van der Waals surface area contributed by atoms with Crippen LogP contribution < -0.4 is 0 Å². The lowest BCUT2D eigenvalue weighted by Gasteiger charge is -2.12. The van der Waals surface area contributed by atoms with Gasteiger partial charge in [0.05, 0.1) is 0 Å². The van der Waals surface area contributed by atoms with Crippen molar-refractivity contribution in [3.05, 3.63) is 35.1 Å². The topological polar surface area (TPSA) is 17.1 Å². The molecule has 0 aromatic heterocycles. The van der Waals surface area contributed by atoms with Crippen LogP contribution in [-0.2, 0) is 0 Å². The number of halogens is 2. The van der Waals surface area contributed by atoms with Gasteiger partial charge in [-0.3, -0.25) is 4.79 Å². The molecule has 1 aliphatic carbocycles. The van der Waals surface area contributed by atoms with Gasteiger partial charge in [-0.15, -0.1) is 0 Å². The third kappa shape index (κ3) is 2.20. The van der Waals surface area contributed by atoms with Crippen molar-refractivity contribution in [2.24, 2.45) is 0 Å². The first-order valence-electron chi connectivity index (χ1n) is 5.18. The highest BCUT2D eigenvalue weighted by Gasteiger charge is 2.22. The molecule has 15 heavy (non-hydrogen) atoms. The van der Waals surface area contributed by atoms with Crippen LogP contribution in [0.25, 0.3) is 0 Å². The van der Waals surface area contributed by atoms with Gasteiger partial charge in [0.15, 0.2) is 0 Å². The van der Waals surface area contributed by atoms with E-state index in [9.17, 15) is 9.18 Å². The molecule has 0 atom stereocenters. The lowest BCUT2D eigenvalue weighted by Crippen LogP contribution is -2.02. The van der Waals surface area contributed by atoms with E-state index in [1.54, 1.807) is 6.07 Å². The summed E-state index contributed by atoms with van der Waals surface area (Å²) in [5.41, 5.74) is 1.25. The molecule has 0 heterocycles. The average molecular weight is 227 g/mol. The molecule has 0 spiro atoms. The van der Waals surface area contributed by atoms with Crippen LogP contribution in [0.5, 0.6) is 0 Å². The molecule has 1 aromatic carbocycles. The molecule has 80 valence electrons. The van der Waals surface area contributed by atoms with Crippen LogP contribution >= 0.6 is 11.6 Å². The highest BCUT2D eigenvalue weighted by atomic mass is 35.5. The number of benzene rings is 1. The quantitative estimate of drug-likeness (QED) is 0.700. The van der Waals surface area contributed by atoms with E-state index in [0.29, 0.717) is 11.5 Å². The van der Waals surface area contributed by atoms with Crippen LogP contribution in [-0.4, -0.2) is 5.24 Å². The van der Waals surface area contributed by atoms with Crippen molar-refractivity contribution in [1.82, 2.24) is 0 Å². The Morgan fingerprint density at radius 2 is 2.00 bits per heavy atom. The lowest BCUT2D eigenvalue weighted by atomic mass is 9.93. The summed E-state index contributed by atoms with van der Waals surface area (Å²) >= 11 is 5.45. The smallest absolute Gasteiger partial charge is 0.252 e. The first-order valence-corrected chi connectivity index (χ1v) is 5.55. The van der Waals surface area contributed by atoms with Gasteiger partial charge in [0.25, 0.3) is 5.24 Å². The summed E-state index contributed by atoms with van der Waals surface area (Å²) in [5, 5.41) is -0.559. The van der Waals surface area contributed by atoms with Gasteiger partial charge in [0, 0.05) is 5.56 Å². The minimum Gasteiger partial charge on any atom is -0.276 e. The zero-order chi connectivity index (χ0) is 10.8. The van der Waals surface area contributed by atoms with Gasteiger partial charge in [0.1, 0.15) is 5.82 Å². The van der Waals surface area contributed by atoms with E-state index >= 15 is 0 Å². The number of rotatable bonds is 2. The van der Waals surface area contributed by atoms with Crippen LogP contribution in [0, 0.1) is 5.82 Å². The van der Waals surface area contributed by atoms with Gasteiger partial charge in [-0.1, -0.05) is 18.9 Å². The third-order valence-corrected chi connectivity index (χ3v) is 3.23. The summed E-state index contributed by atoms with van der Waals surface area (Å²) in [6.07, 6.45) is 4.50. The van der Waals surface area contributed by atoms with Crippen molar-refractivity contribution in [1.29, 1.82) is 0 Å². The molecule has 0 aliphatic heterocycles. The first kappa shape index (κ1) is 10.6. The van der Waals surface area contributed by atoms with Crippen LogP contribution in [0.15, 0.2) is 18.2 Å². The molecule has 0 N–H and O–H groups in total. The second kappa shape index (κ2) is 4.31. The maximum atomic E-state index is 13.0. The van der Waals surface area contributed by atoms with E-state index in [2.05, 4.69) is 0 Å². The Balaban J connectivity index is 2.40. The van der Waals surface area contributed by atoms with Crippen LogP contribution in [0.3, 0.4) is 0 Å². The summed E-state index contributed by atoms with van der Waals surface area (Å²) in [5.74, 6) is -0.0240. The molecule has 1 saturated carbocycles. The summed E-state index contributed by atoms with van der Waals surface area (Å²) in [6.45, 7) is 0. The van der Waals surface area contributed by atoms with E-state index in [1.165, 1.54) is 25.0 Å². The minimum absolute atomic E-state index is 0.337. The van der Waals surface area contributed by atoms with E-state index in [1.807, 2.05) is 0 Å². The van der Waals surface area contributed by atoms with Crippen molar-refractivity contribution in [2.75, 3.05) is 0 Å². The molecule has 0 saturated heterocycles. The van der Waals surface area contributed by atoms with Gasteiger partial charge >= 0.3 is 0 Å². The SMILES string of the molecule is O=C(Cl)c1cc(F)ccc1C1CCCC1. The fourth-order valence-corrected chi connectivity index (χ4v) is 2.46. The Morgan fingerprint density at radius 3 is 2.60 bits per heavy atom.